The van der Waals surface area contributed by atoms with Crippen LogP contribution in [0.5, 0.6) is 0 Å². The van der Waals surface area contributed by atoms with Crippen molar-refractivity contribution in [3.63, 3.8) is 0 Å². The number of aromatic nitrogens is 1. The Hall–Kier alpha value is -2.52. The number of nitrogens with zero attached hydrogens (tertiary/aromatic N) is 1. The molecule has 2 rings (SSSR count). The van der Waals surface area contributed by atoms with Crippen molar-refractivity contribution in [3.05, 3.63) is 58.1 Å². The number of hydrogen-bond acceptors (Lipinski definition) is 4. The van der Waals surface area contributed by atoms with E-state index in [9.17, 15) is 27.2 Å². The van der Waals surface area contributed by atoms with Crippen LogP contribution in [0.3, 0.4) is 0 Å². The van der Waals surface area contributed by atoms with Gasteiger partial charge in [0.2, 0.25) is 11.7 Å². The third-order valence-corrected chi connectivity index (χ3v) is 3.71. The maximum atomic E-state index is 13.9. The molecule has 1 aromatic heterocycles. The molecular formula is C16H12ClF4N3O2. The van der Waals surface area contributed by atoms with Crippen molar-refractivity contribution >= 4 is 29.0 Å². The summed E-state index contributed by atoms with van der Waals surface area (Å²) in [6, 6.07) is 2.57. The lowest BCUT2D eigenvalue weighted by Gasteiger charge is -2.17. The predicted octanol–water partition coefficient (Wildman–Crippen LogP) is 3.41. The summed E-state index contributed by atoms with van der Waals surface area (Å²) in [4.78, 5) is 27.9. The SMILES string of the molecule is CC(N)C(=O)Nc1ccc(C(F)(F)F)c(Cl)c1C(=O)c1ncccc1F. The summed E-state index contributed by atoms with van der Waals surface area (Å²) in [5.41, 5.74) is 2.30. The second kappa shape index (κ2) is 7.38. The molecule has 0 radical (unpaired) electrons. The van der Waals surface area contributed by atoms with E-state index in [0.717, 1.165) is 18.3 Å². The van der Waals surface area contributed by atoms with Gasteiger partial charge in [0.15, 0.2) is 5.82 Å². The van der Waals surface area contributed by atoms with Crippen LogP contribution in [0.1, 0.15) is 28.5 Å². The number of benzene rings is 1. The van der Waals surface area contributed by atoms with Crippen molar-refractivity contribution in [2.45, 2.75) is 19.1 Å². The molecule has 0 aliphatic carbocycles. The van der Waals surface area contributed by atoms with E-state index < -0.39 is 51.6 Å². The summed E-state index contributed by atoms with van der Waals surface area (Å²) in [5, 5.41) is 1.24. The van der Waals surface area contributed by atoms with Gasteiger partial charge in [-0.1, -0.05) is 11.6 Å². The molecule has 5 nitrogen and oxygen atoms in total. The van der Waals surface area contributed by atoms with Crippen LogP contribution >= 0.6 is 11.6 Å². The molecule has 3 N–H and O–H groups in total. The Morgan fingerprint density at radius 3 is 2.46 bits per heavy atom. The smallest absolute Gasteiger partial charge is 0.324 e. The number of nitrogens with one attached hydrogen (secondary N) is 1. The molecule has 138 valence electrons. The van der Waals surface area contributed by atoms with Crippen LogP contribution in [-0.4, -0.2) is 22.7 Å². The van der Waals surface area contributed by atoms with Crippen LogP contribution in [0.4, 0.5) is 23.2 Å². The molecule has 1 atom stereocenters. The third-order valence-electron chi connectivity index (χ3n) is 3.32. The Morgan fingerprint density at radius 2 is 1.92 bits per heavy atom. The molecule has 1 heterocycles. The zero-order valence-corrected chi connectivity index (χ0v) is 14.0. The van der Waals surface area contributed by atoms with Crippen molar-refractivity contribution < 1.29 is 27.2 Å². The minimum Gasteiger partial charge on any atom is -0.324 e. The first-order valence-electron chi connectivity index (χ1n) is 7.15. The second-order valence-electron chi connectivity index (χ2n) is 5.29. The summed E-state index contributed by atoms with van der Waals surface area (Å²) in [7, 11) is 0. The van der Waals surface area contributed by atoms with E-state index in [4.69, 9.17) is 17.3 Å². The van der Waals surface area contributed by atoms with Crippen LogP contribution in [0.25, 0.3) is 0 Å². The van der Waals surface area contributed by atoms with Crippen molar-refractivity contribution in [3.8, 4) is 0 Å². The average Bonchev–Trinajstić information content (AvgIpc) is 2.53. The maximum Gasteiger partial charge on any atom is 0.417 e. The van der Waals surface area contributed by atoms with Gasteiger partial charge in [-0.15, -0.1) is 0 Å². The number of nitrogens with two attached hydrogens (primary N) is 1. The predicted molar refractivity (Wildman–Crippen MR) is 86.4 cm³/mol. The lowest BCUT2D eigenvalue weighted by Crippen LogP contribution is -2.33. The Kier molecular flexibility index (Phi) is 5.62. The molecule has 1 unspecified atom stereocenters. The largest absolute Gasteiger partial charge is 0.417 e. The van der Waals surface area contributed by atoms with Crippen molar-refractivity contribution in [2.24, 2.45) is 5.73 Å². The fourth-order valence-electron chi connectivity index (χ4n) is 2.04. The fraction of sp³-hybridized carbons (Fsp3) is 0.188. The van der Waals surface area contributed by atoms with Gasteiger partial charge in [-0.2, -0.15) is 13.2 Å². The lowest BCUT2D eigenvalue weighted by atomic mass is 10.0. The summed E-state index contributed by atoms with van der Waals surface area (Å²) in [6.07, 6.45) is -3.77. The van der Waals surface area contributed by atoms with Crippen molar-refractivity contribution in [1.82, 2.24) is 4.98 Å². The zero-order valence-electron chi connectivity index (χ0n) is 13.2. The first-order valence-corrected chi connectivity index (χ1v) is 7.53. The third kappa shape index (κ3) is 4.00. The van der Waals surface area contributed by atoms with Crippen molar-refractivity contribution in [1.29, 1.82) is 0 Å². The fourth-order valence-corrected chi connectivity index (χ4v) is 2.40. The molecule has 26 heavy (non-hydrogen) atoms. The molecule has 0 saturated heterocycles. The molecule has 0 bridgehead atoms. The quantitative estimate of drug-likeness (QED) is 0.620. The second-order valence-corrected chi connectivity index (χ2v) is 5.67. The number of anilines is 1. The van der Waals surface area contributed by atoms with E-state index >= 15 is 0 Å². The van der Waals surface area contributed by atoms with E-state index in [0.29, 0.717) is 6.07 Å². The van der Waals surface area contributed by atoms with Gasteiger partial charge in [0.05, 0.1) is 27.9 Å². The number of carbonyl (C=O) groups is 2. The molecule has 0 saturated carbocycles. The molecule has 0 aliphatic rings. The Labute approximate surface area is 150 Å². The molecule has 0 spiro atoms. The number of ketones is 1. The molecule has 1 amide bonds. The van der Waals surface area contributed by atoms with Gasteiger partial charge in [-0.05, 0) is 31.2 Å². The standard InChI is InChI=1S/C16H12ClF4N3O2/c1-7(22)15(26)24-10-5-4-8(16(19,20)21)12(17)11(10)14(25)13-9(18)3-2-6-23-13/h2-7H,22H2,1H3,(H,24,26). The van der Waals surface area contributed by atoms with E-state index in [1.807, 2.05) is 0 Å². The van der Waals surface area contributed by atoms with Crippen LogP contribution in [0.2, 0.25) is 5.02 Å². The summed E-state index contributed by atoms with van der Waals surface area (Å²) < 4.78 is 53.2. The van der Waals surface area contributed by atoms with Gasteiger partial charge in [-0.3, -0.25) is 9.59 Å². The van der Waals surface area contributed by atoms with Crippen LogP contribution < -0.4 is 11.1 Å². The Morgan fingerprint density at radius 1 is 1.27 bits per heavy atom. The van der Waals surface area contributed by atoms with Gasteiger partial charge in [0.25, 0.3) is 0 Å². The molecule has 0 aliphatic heterocycles. The van der Waals surface area contributed by atoms with Crippen LogP contribution in [-0.2, 0) is 11.0 Å². The molecule has 0 fully saturated rings. The maximum absolute atomic E-state index is 13.9. The van der Waals surface area contributed by atoms with Crippen LogP contribution in [0, 0.1) is 5.82 Å². The molecule has 10 heteroatoms. The number of pyridine rings is 1. The highest BCUT2D eigenvalue weighted by Gasteiger charge is 2.36. The van der Waals surface area contributed by atoms with Gasteiger partial charge in [0.1, 0.15) is 5.69 Å². The number of amides is 1. The molecule has 1 aromatic carbocycles. The first kappa shape index (κ1) is 19.8. The van der Waals surface area contributed by atoms with Gasteiger partial charge in [0, 0.05) is 6.20 Å². The number of rotatable bonds is 4. The summed E-state index contributed by atoms with van der Waals surface area (Å²) in [6.45, 7) is 1.33. The lowest BCUT2D eigenvalue weighted by molar-refractivity contribution is -0.137. The molecular weight excluding hydrogens is 378 g/mol. The monoisotopic (exact) mass is 389 g/mol. The number of carbonyl (C=O) groups excluding carboxylic acids is 2. The zero-order chi connectivity index (χ0) is 19.6. The van der Waals surface area contributed by atoms with E-state index in [2.05, 4.69) is 10.3 Å². The highest BCUT2D eigenvalue weighted by Crippen LogP contribution is 2.39. The van der Waals surface area contributed by atoms with Gasteiger partial charge in [-0.25, -0.2) is 9.37 Å². The van der Waals surface area contributed by atoms with E-state index in [1.54, 1.807) is 0 Å². The first-order chi connectivity index (χ1) is 12.0. The topological polar surface area (TPSA) is 85.1 Å². The van der Waals surface area contributed by atoms with E-state index in [1.165, 1.54) is 13.0 Å². The highest BCUT2D eigenvalue weighted by molar-refractivity contribution is 6.37. The van der Waals surface area contributed by atoms with Gasteiger partial charge < -0.3 is 11.1 Å². The van der Waals surface area contributed by atoms with Gasteiger partial charge >= 0.3 is 6.18 Å². The Bertz CT molecular complexity index is 869. The minimum atomic E-state index is -4.86. The Balaban J connectivity index is 2.68. The van der Waals surface area contributed by atoms with E-state index in [-0.39, 0.29) is 5.69 Å². The minimum absolute atomic E-state index is 0.333. The summed E-state index contributed by atoms with van der Waals surface area (Å²) in [5.74, 6) is -3.02. The highest BCUT2D eigenvalue weighted by atomic mass is 35.5. The molecule has 2 aromatic rings. The van der Waals surface area contributed by atoms with Crippen molar-refractivity contribution in [2.75, 3.05) is 5.32 Å². The number of halogens is 5. The number of hydrogen-bond donors (Lipinski definition) is 2. The number of alkyl halides is 3. The normalized spacial score (nSPS) is 12.6. The summed E-state index contributed by atoms with van der Waals surface area (Å²) >= 11 is 5.79. The van der Waals surface area contributed by atoms with Crippen LogP contribution in [0.15, 0.2) is 30.5 Å². The average molecular weight is 390 g/mol.